The van der Waals surface area contributed by atoms with Gasteiger partial charge in [-0.15, -0.1) is 0 Å². The van der Waals surface area contributed by atoms with Crippen LogP contribution in [0.2, 0.25) is 0 Å². The summed E-state index contributed by atoms with van der Waals surface area (Å²) in [6.07, 6.45) is 0. The van der Waals surface area contributed by atoms with Crippen molar-refractivity contribution in [2.24, 2.45) is 0 Å². The van der Waals surface area contributed by atoms with E-state index in [-0.39, 0.29) is 0 Å². The summed E-state index contributed by atoms with van der Waals surface area (Å²) in [7, 11) is 0. The monoisotopic (exact) mass is 359 g/mol. The first-order chi connectivity index (χ1) is 13.8. The summed E-state index contributed by atoms with van der Waals surface area (Å²) in [4.78, 5) is 0. The molecule has 0 bridgehead atoms. The van der Waals surface area contributed by atoms with Crippen molar-refractivity contribution in [1.82, 2.24) is 4.57 Å². The Morgan fingerprint density at radius 1 is 0.500 bits per heavy atom. The Hall–Kier alpha value is -3.58. The van der Waals surface area contributed by atoms with E-state index in [9.17, 15) is 0 Å². The third kappa shape index (κ3) is 2.73. The number of rotatable bonds is 3. The van der Waals surface area contributed by atoms with Crippen LogP contribution >= 0.6 is 0 Å². The second kappa shape index (κ2) is 6.86. The molecule has 0 radical (unpaired) electrons. The molecular weight excluding hydrogens is 338 g/mol. The highest BCUT2D eigenvalue weighted by molar-refractivity contribution is 6.06. The molecule has 0 fully saturated rings. The van der Waals surface area contributed by atoms with Crippen LogP contribution in [0.3, 0.4) is 0 Å². The summed E-state index contributed by atoms with van der Waals surface area (Å²) in [6, 6.07) is 38.9. The number of hydrogen-bond donors (Lipinski definition) is 0. The highest BCUT2D eigenvalue weighted by atomic mass is 15.0. The van der Waals surface area contributed by atoms with E-state index in [2.05, 4.69) is 121 Å². The fourth-order valence-corrected chi connectivity index (χ4v) is 4.04. The quantitative estimate of drug-likeness (QED) is 0.319. The molecule has 0 spiro atoms. The van der Waals surface area contributed by atoms with Crippen molar-refractivity contribution in [1.29, 1.82) is 0 Å². The predicted molar refractivity (Wildman–Crippen MR) is 119 cm³/mol. The number of hydrogen-bond acceptors (Lipinski definition) is 0. The summed E-state index contributed by atoms with van der Waals surface area (Å²) >= 11 is 0. The fourth-order valence-electron chi connectivity index (χ4n) is 4.04. The lowest BCUT2D eigenvalue weighted by Gasteiger charge is -2.15. The number of aryl methyl sites for hydroxylation is 1. The molecule has 5 aromatic rings. The van der Waals surface area contributed by atoms with Crippen molar-refractivity contribution >= 4 is 10.8 Å². The van der Waals surface area contributed by atoms with Gasteiger partial charge in [0.15, 0.2) is 0 Å². The summed E-state index contributed by atoms with van der Waals surface area (Å²) in [5, 5.41) is 2.54. The summed E-state index contributed by atoms with van der Waals surface area (Å²) < 4.78 is 2.42. The Balaban J connectivity index is 1.97. The second-order valence-corrected chi connectivity index (χ2v) is 7.15. The zero-order valence-corrected chi connectivity index (χ0v) is 15.8. The lowest BCUT2D eigenvalue weighted by Crippen LogP contribution is -2.00. The van der Waals surface area contributed by atoms with Gasteiger partial charge < -0.3 is 4.57 Å². The van der Waals surface area contributed by atoms with E-state index in [0.29, 0.717) is 0 Å². The first kappa shape index (κ1) is 16.6. The van der Waals surface area contributed by atoms with Gasteiger partial charge in [-0.2, -0.15) is 0 Å². The first-order valence-electron chi connectivity index (χ1n) is 9.64. The predicted octanol–water partition coefficient (Wildman–Crippen LogP) is 7.27. The first-order valence-corrected chi connectivity index (χ1v) is 9.64. The molecule has 1 nitrogen and oxygen atoms in total. The molecule has 0 aliphatic carbocycles. The molecule has 134 valence electrons. The maximum absolute atomic E-state index is 2.42. The van der Waals surface area contributed by atoms with Gasteiger partial charge >= 0.3 is 0 Å². The molecule has 1 heteroatoms. The third-order valence-electron chi connectivity index (χ3n) is 5.24. The molecule has 0 aliphatic rings. The average molecular weight is 359 g/mol. The molecule has 0 saturated heterocycles. The van der Waals surface area contributed by atoms with Crippen LogP contribution in [0.4, 0.5) is 0 Å². The Bertz CT molecular complexity index is 1170. The Morgan fingerprint density at radius 2 is 1.00 bits per heavy atom. The zero-order chi connectivity index (χ0) is 18.9. The zero-order valence-electron chi connectivity index (χ0n) is 15.8. The molecule has 28 heavy (non-hydrogen) atoms. The number of nitrogens with zero attached hydrogens (tertiary/aromatic N) is 1. The van der Waals surface area contributed by atoms with Crippen molar-refractivity contribution < 1.29 is 0 Å². The van der Waals surface area contributed by atoms with Crippen LogP contribution in [0.5, 0.6) is 0 Å². The maximum atomic E-state index is 2.42. The van der Waals surface area contributed by atoms with Gasteiger partial charge in [0.25, 0.3) is 0 Å². The van der Waals surface area contributed by atoms with E-state index in [0.717, 1.165) is 0 Å². The summed E-state index contributed by atoms with van der Waals surface area (Å²) in [6.45, 7) is 2.15. The fraction of sp³-hybridized carbons (Fsp3) is 0.0370. The molecule has 0 unspecified atom stereocenters. The lowest BCUT2D eigenvalue weighted by molar-refractivity contribution is 1.10. The van der Waals surface area contributed by atoms with Crippen LogP contribution in [-0.4, -0.2) is 4.57 Å². The van der Waals surface area contributed by atoms with Crippen LogP contribution in [0.15, 0.2) is 109 Å². The molecule has 0 N–H and O–H groups in total. The minimum Gasteiger partial charge on any atom is -0.308 e. The van der Waals surface area contributed by atoms with E-state index < -0.39 is 0 Å². The Labute approximate surface area is 165 Å². The second-order valence-electron chi connectivity index (χ2n) is 7.15. The van der Waals surface area contributed by atoms with Gasteiger partial charge in [-0.05, 0) is 35.7 Å². The Kier molecular flexibility index (Phi) is 4.06. The third-order valence-corrected chi connectivity index (χ3v) is 5.24. The molecule has 0 atom stereocenters. The van der Waals surface area contributed by atoms with Gasteiger partial charge in [0.2, 0.25) is 0 Å². The van der Waals surface area contributed by atoms with Gasteiger partial charge in [-0.25, -0.2) is 0 Å². The standard InChI is InChI=1S/C27H21N/c1-20-11-10-16-23(19-20)28-26(21-12-4-2-5-13-21)24-17-8-9-18-25(24)27(28)22-14-6-3-7-15-22/h2-19H,1H3. The Morgan fingerprint density at radius 3 is 1.50 bits per heavy atom. The minimum atomic E-state index is 1.19. The molecule has 1 heterocycles. The van der Waals surface area contributed by atoms with Crippen LogP contribution in [0.1, 0.15) is 5.56 Å². The summed E-state index contributed by atoms with van der Waals surface area (Å²) in [5.74, 6) is 0. The SMILES string of the molecule is Cc1cccc(-n2c(-c3ccccc3)c3ccccc3c2-c2ccccc2)c1. The van der Waals surface area contributed by atoms with Crippen molar-refractivity contribution in [2.75, 3.05) is 0 Å². The lowest BCUT2D eigenvalue weighted by atomic mass is 10.0. The molecular formula is C27H21N. The van der Waals surface area contributed by atoms with Crippen LogP contribution in [0.25, 0.3) is 39.0 Å². The topological polar surface area (TPSA) is 4.93 Å². The molecule has 0 aliphatic heterocycles. The maximum Gasteiger partial charge on any atom is 0.0613 e. The van der Waals surface area contributed by atoms with Gasteiger partial charge in [-0.3, -0.25) is 0 Å². The molecule has 1 aromatic heterocycles. The molecule has 0 amide bonds. The van der Waals surface area contributed by atoms with Gasteiger partial charge in [-0.1, -0.05) is 97.1 Å². The number of aromatic nitrogens is 1. The van der Waals surface area contributed by atoms with Crippen molar-refractivity contribution in [2.45, 2.75) is 6.92 Å². The smallest absolute Gasteiger partial charge is 0.0613 e. The van der Waals surface area contributed by atoms with Crippen LogP contribution in [0, 0.1) is 6.92 Å². The average Bonchev–Trinajstić information content (AvgIpc) is 3.10. The van der Waals surface area contributed by atoms with Crippen LogP contribution in [-0.2, 0) is 0 Å². The van der Waals surface area contributed by atoms with Crippen molar-refractivity contribution in [3.05, 3.63) is 115 Å². The van der Waals surface area contributed by atoms with Gasteiger partial charge in [0.1, 0.15) is 0 Å². The van der Waals surface area contributed by atoms with E-state index in [4.69, 9.17) is 0 Å². The highest BCUT2D eigenvalue weighted by Crippen LogP contribution is 2.41. The van der Waals surface area contributed by atoms with E-state index in [1.54, 1.807) is 0 Å². The normalized spacial score (nSPS) is 11.0. The van der Waals surface area contributed by atoms with Crippen molar-refractivity contribution in [3.63, 3.8) is 0 Å². The van der Waals surface area contributed by atoms with Crippen molar-refractivity contribution in [3.8, 4) is 28.2 Å². The van der Waals surface area contributed by atoms with Crippen LogP contribution < -0.4 is 0 Å². The van der Waals surface area contributed by atoms with Gasteiger partial charge in [0, 0.05) is 16.5 Å². The van der Waals surface area contributed by atoms with E-state index in [1.807, 2.05) is 0 Å². The number of benzene rings is 4. The van der Waals surface area contributed by atoms with E-state index in [1.165, 1.54) is 44.5 Å². The molecule has 4 aromatic carbocycles. The highest BCUT2D eigenvalue weighted by Gasteiger charge is 2.20. The van der Waals surface area contributed by atoms with Gasteiger partial charge in [0.05, 0.1) is 11.4 Å². The molecule has 5 rings (SSSR count). The largest absolute Gasteiger partial charge is 0.308 e. The summed E-state index contributed by atoms with van der Waals surface area (Å²) in [5.41, 5.74) is 7.37. The van der Waals surface area contributed by atoms with E-state index >= 15 is 0 Å². The molecule has 0 saturated carbocycles. The number of fused-ring (bicyclic) bond motifs is 1. The minimum absolute atomic E-state index is 1.19.